The zero-order valence-corrected chi connectivity index (χ0v) is 16.3. The first kappa shape index (κ1) is 22.9. The van der Waals surface area contributed by atoms with Crippen molar-refractivity contribution in [2.24, 2.45) is 0 Å². The number of hydrogen-bond acceptors (Lipinski definition) is 7. The molecule has 0 fully saturated rings. The van der Waals surface area contributed by atoms with Crippen LogP contribution in [-0.4, -0.2) is 48.7 Å². The van der Waals surface area contributed by atoms with Gasteiger partial charge in [-0.25, -0.2) is 9.59 Å². The van der Waals surface area contributed by atoms with Crippen molar-refractivity contribution in [3.63, 3.8) is 0 Å². The molecule has 1 N–H and O–H groups in total. The summed E-state index contributed by atoms with van der Waals surface area (Å²) in [6, 6.07) is 8.25. The zero-order valence-electron chi connectivity index (χ0n) is 16.3. The third kappa shape index (κ3) is 9.02. The predicted molar refractivity (Wildman–Crippen MR) is 98.6 cm³/mol. The van der Waals surface area contributed by atoms with E-state index in [1.807, 2.05) is 30.3 Å². The summed E-state index contributed by atoms with van der Waals surface area (Å²) in [6.45, 7) is 2.75. The first-order chi connectivity index (χ1) is 13.3. The molecule has 28 heavy (non-hydrogen) atoms. The fourth-order valence-electron chi connectivity index (χ4n) is 2.32. The van der Waals surface area contributed by atoms with Crippen molar-refractivity contribution < 1.29 is 33.5 Å². The minimum absolute atomic E-state index is 0.0799. The molecule has 0 spiro atoms. The van der Waals surface area contributed by atoms with E-state index in [1.54, 1.807) is 0 Å². The number of methoxy groups -OCH3 is 1. The van der Waals surface area contributed by atoms with Crippen LogP contribution in [0.5, 0.6) is 0 Å². The number of hydroxylamine groups is 2. The molecule has 1 atom stereocenters. The van der Waals surface area contributed by atoms with Crippen LogP contribution in [0.1, 0.15) is 38.7 Å². The predicted octanol–water partition coefficient (Wildman–Crippen LogP) is 1.95. The van der Waals surface area contributed by atoms with Gasteiger partial charge in [0.25, 0.3) is 5.91 Å². The SMILES string of the molecule is COC(=O)[C@H](CCCCN(OC(C)=O)C(C)=O)NC(=O)OCc1ccccc1. The van der Waals surface area contributed by atoms with Crippen LogP contribution < -0.4 is 5.32 Å². The Kier molecular flexibility index (Phi) is 10.1. The van der Waals surface area contributed by atoms with E-state index in [-0.39, 0.29) is 19.6 Å². The summed E-state index contributed by atoms with van der Waals surface area (Å²) < 4.78 is 9.81. The van der Waals surface area contributed by atoms with E-state index in [9.17, 15) is 19.2 Å². The van der Waals surface area contributed by atoms with Gasteiger partial charge >= 0.3 is 18.0 Å². The molecule has 0 aliphatic carbocycles. The highest BCUT2D eigenvalue weighted by molar-refractivity contribution is 5.81. The third-order valence-corrected chi connectivity index (χ3v) is 3.68. The molecule has 154 valence electrons. The Morgan fingerprint density at radius 2 is 1.75 bits per heavy atom. The molecule has 0 aliphatic heterocycles. The first-order valence-corrected chi connectivity index (χ1v) is 8.85. The Labute approximate surface area is 163 Å². The molecule has 1 aromatic rings. The first-order valence-electron chi connectivity index (χ1n) is 8.85. The number of hydrogen-bond donors (Lipinski definition) is 1. The number of ether oxygens (including phenoxy) is 2. The van der Waals surface area contributed by atoms with Crippen molar-refractivity contribution in [1.82, 2.24) is 10.4 Å². The summed E-state index contributed by atoms with van der Waals surface area (Å²) in [5.74, 6) is -1.59. The summed E-state index contributed by atoms with van der Waals surface area (Å²) >= 11 is 0. The average Bonchev–Trinajstić information content (AvgIpc) is 2.67. The van der Waals surface area contributed by atoms with Gasteiger partial charge < -0.3 is 19.6 Å². The van der Waals surface area contributed by atoms with Gasteiger partial charge in [0.05, 0.1) is 13.7 Å². The van der Waals surface area contributed by atoms with E-state index in [2.05, 4.69) is 5.32 Å². The number of esters is 1. The largest absolute Gasteiger partial charge is 0.467 e. The highest BCUT2D eigenvalue weighted by Gasteiger charge is 2.22. The van der Waals surface area contributed by atoms with Crippen molar-refractivity contribution in [2.75, 3.05) is 13.7 Å². The van der Waals surface area contributed by atoms with Crippen LogP contribution in [0, 0.1) is 0 Å². The Morgan fingerprint density at radius 3 is 2.32 bits per heavy atom. The second-order valence-electron chi connectivity index (χ2n) is 5.98. The normalized spacial score (nSPS) is 11.1. The highest BCUT2D eigenvalue weighted by Crippen LogP contribution is 2.07. The standard InChI is InChI=1S/C19H26N2O7/c1-14(22)21(28-15(2)23)12-8-7-11-17(18(24)26-3)20-19(25)27-13-16-9-5-4-6-10-16/h4-6,9-10,17H,7-8,11-13H2,1-3H3,(H,20,25)/t17-/m0/s1. The van der Waals surface area contributed by atoms with E-state index in [4.69, 9.17) is 14.3 Å². The van der Waals surface area contributed by atoms with Crippen LogP contribution >= 0.6 is 0 Å². The number of amides is 2. The molecule has 0 radical (unpaired) electrons. The van der Waals surface area contributed by atoms with Crippen LogP contribution in [-0.2, 0) is 35.3 Å². The van der Waals surface area contributed by atoms with Crippen molar-refractivity contribution >= 4 is 23.9 Å². The molecule has 9 nitrogen and oxygen atoms in total. The minimum Gasteiger partial charge on any atom is -0.467 e. The summed E-state index contributed by atoms with van der Waals surface area (Å²) in [5.41, 5.74) is 0.821. The fraction of sp³-hybridized carbons (Fsp3) is 0.474. The van der Waals surface area contributed by atoms with Gasteiger partial charge in [0.2, 0.25) is 0 Å². The molecule has 0 heterocycles. The maximum atomic E-state index is 11.9. The Balaban J connectivity index is 2.45. The summed E-state index contributed by atoms with van der Waals surface area (Å²) in [6.07, 6.45) is 0.480. The van der Waals surface area contributed by atoms with Gasteiger partial charge in [0.15, 0.2) is 0 Å². The van der Waals surface area contributed by atoms with Crippen molar-refractivity contribution in [1.29, 1.82) is 0 Å². The molecule has 1 rings (SSSR count). The number of alkyl carbamates (subject to hydrolysis) is 1. The van der Waals surface area contributed by atoms with Crippen LogP contribution in [0.25, 0.3) is 0 Å². The molecule has 0 unspecified atom stereocenters. The molecular weight excluding hydrogens is 368 g/mol. The van der Waals surface area contributed by atoms with E-state index >= 15 is 0 Å². The van der Waals surface area contributed by atoms with Crippen molar-refractivity contribution in [3.05, 3.63) is 35.9 Å². The molecule has 9 heteroatoms. The maximum Gasteiger partial charge on any atom is 0.408 e. The number of carbonyl (C=O) groups is 4. The Hall–Kier alpha value is -3.10. The highest BCUT2D eigenvalue weighted by atomic mass is 16.7. The van der Waals surface area contributed by atoms with Gasteiger partial charge in [0, 0.05) is 13.8 Å². The van der Waals surface area contributed by atoms with E-state index in [0.717, 1.165) is 10.6 Å². The molecule has 0 aromatic heterocycles. The van der Waals surface area contributed by atoms with Crippen LogP contribution in [0.15, 0.2) is 30.3 Å². The number of rotatable bonds is 9. The zero-order chi connectivity index (χ0) is 20.9. The second-order valence-corrected chi connectivity index (χ2v) is 5.98. The van der Waals surface area contributed by atoms with Crippen molar-refractivity contribution in [2.45, 2.75) is 45.8 Å². The molecule has 0 saturated carbocycles. The van der Waals surface area contributed by atoms with Gasteiger partial charge in [-0.15, -0.1) is 0 Å². The number of carbonyl (C=O) groups excluding carboxylic acids is 4. The monoisotopic (exact) mass is 394 g/mol. The molecule has 0 saturated heterocycles. The number of unbranched alkanes of at least 4 members (excludes halogenated alkanes) is 1. The number of nitrogens with zero attached hydrogens (tertiary/aromatic N) is 1. The summed E-state index contributed by atoms with van der Waals surface area (Å²) in [4.78, 5) is 51.0. The van der Waals surface area contributed by atoms with Gasteiger partial charge in [-0.05, 0) is 24.8 Å². The van der Waals surface area contributed by atoms with Crippen LogP contribution in [0.3, 0.4) is 0 Å². The Morgan fingerprint density at radius 1 is 1.07 bits per heavy atom. The summed E-state index contributed by atoms with van der Waals surface area (Å²) in [7, 11) is 1.23. The number of nitrogens with one attached hydrogen (secondary N) is 1. The minimum atomic E-state index is -0.882. The van der Waals surface area contributed by atoms with Gasteiger partial charge in [-0.3, -0.25) is 9.59 Å². The second kappa shape index (κ2) is 12.3. The summed E-state index contributed by atoms with van der Waals surface area (Å²) in [5, 5.41) is 3.43. The molecular formula is C19H26N2O7. The topological polar surface area (TPSA) is 111 Å². The molecule has 0 aliphatic rings. The van der Waals surface area contributed by atoms with E-state index < -0.39 is 30.0 Å². The van der Waals surface area contributed by atoms with E-state index in [0.29, 0.717) is 12.8 Å². The maximum absolute atomic E-state index is 11.9. The fourth-order valence-corrected chi connectivity index (χ4v) is 2.32. The lowest BCUT2D eigenvalue weighted by atomic mass is 10.1. The molecule has 0 bridgehead atoms. The lowest BCUT2D eigenvalue weighted by Gasteiger charge is -2.19. The average molecular weight is 394 g/mol. The smallest absolute Gasteiger partial charge is 0.408 e. The van der Waals surface area contributed by atoms with Crippen LogP contribution in [0.4, 0.5) is 4.79 Å². The lowest BCUT2D eigenvalue weighted by molar-refractivity contribution is -0.195. The van der Waals surface area contributed by atoms with Crippen molar-refractivity contribution in [3.8, 4) is 0 Å². The molecule has 1 aromatic carbocycles. The number of benzene rings is 1. The third-order valence-electron chi connectivity index (χ3n) is 3.68. The van der Waals surface area contributed by atoms with Crippen LogP contribution in [0.2, 0.25) is 0 Å². The lowest BCUT2D eigenvalue weighted by Crippen LogP contribution is -2.41. The quantitative estimate of drug-likeness (QED) is 0.387. The van der Waals surface area contributed by atoms with Gasteiger partial charge in [0.1, 0.15) is 12.6 Å². The van der Waals surface area contributed by atoms with E-state index in [1.165, 1.54) is 21.0 Å². The molecule has 2 amide bonds. The van der Waals surface area contributed by atoms with Gasteiger partial charge in [-0.1, -0.05) is 30.3 Å². The van der Waals surface area contributed by atoms with Gasteiger partial charge in [-0.2, -0.15) is 5.06 Å². The Bertz CT molecular complexity index is 664.